The van der Waals surface area contributed by atoms with Gasteiger partial charge in [-0.15, -0.1) is 0 Å². The highest BCUT2D eigenvalue weighted by Crippen LogP contribution is 2.26. The van der Waals surface area contributed by atoms with E-state index in [0.717, 1.165) is 0 Å². The molecule has 0 fully saturated rings. The Morgan fingerprint density at radius 3 is 2.40 bits per heavy atom. The molecule has 0 aromatic carbocycles. The van der Waals surface area contributed by atoms with Gasteiger partial charge in [-0.1, -0.05) is 0 Å². The van der Waals surface area contributed by atoms with Crippen molar-refractivity contribution in [3.05, 3.63) is 15.9 Å². The molecule has 2 N–H and O–H groups in total. The van der Waals surface area contributed by atoms with Crippen LogP contribution in [0.25, 0.3) is 0 Å². The van der Waals surface area contributed by atoms with Crippen molar-refractivity contribution in [3.8, 4) is 0 Å². The molecule has 3 nitrogen and oxygen atoms in total. The summed E-state index contributed by atoms with van der Waals surface area (Å²) in [7, 11) is 1.59. The minimum atomic E-state index is -4.38. The second-order valence-corrected chi connectivity index (χ2v) is 4.11. The first kappa shape index (κ1) is 12.5. The molecule has 1 heterocycles. The van der Waals surface area contributed by atoms with E-state index in [1.165, 1.54) is 4.68 Å². The molecule has 15 heavy (non-hydrogen) atoms. The lowest BCUT2D eigenvalue weighted by molar-refractivity contribution is -0.147. The van der Waals surface area contributed by atoms with Crippen molar-refractivity contribution in [2.75, 3.05) is 0 Å². The fourth-order valence-corrected chi connectivity index (χ4v) is 1.72. The normalized spacial score (nSPS) is 14.3. The number of halogens is 4. The molecule has 0 aliphatic carbocycles. The molecule has 1 unspecified atom stereocenters. The summed E-state index contributed by atoms with van der Waals surface area (Å²) in [6.45, 7) is 1.71. The summed E-state index contributed by atoms with van der Waals surface area (Å²) in [5.74, 6) is 0. The van der Waals surface area contributed by atoms with Crippen LogP contribution in [0.2, 0.25) is 0 Å². The van der Waals surface area contributed by atoms with Crippen LogP contribution in [-0.2, 0) is 13.5 Å². The number of hydrogen-bond donors (Lipinski definition) is 1. The zero-order chi connectivity index (χ0) is 11.8. The molecule has 0 aliphatic heterocycles. The van der Waals surface area contributed by atoms with Gasteiger partial charge in [0.1, 0.15) is 6.04 Å². The molecule has 0 aliphatic rings. The van der Waals surface area contributed by atoms with E-state index in [-0.39, 0.29) is 6.42 Å². The maximum absolute atomic E-state index is 12.2. The summed E-state index contributed by atoms with van der Waals surface area (Å²) in [5.41, 5.74) is 6.15. The Bertz CT molecular complexity index is 359. The molecule has 1 aromatic rings. The van der Waals surface area contributed by atoms with Gasteiger partial charge in [0, 0.05) is 13.5 Å². The van der Waals surface area contributed by atoms with Gasteiger partial charge in [-0.2, -0.15) is 18.3 Å². The van der Waals surface area contributed by atoms with Crippen LogP contribution in [0.3, 0.4) is 0 Å². The standard InChI is InChI=1S/C8H11BrF3N3/c1-4-7(9)5(15(2)14-4)3-6(13)8(10,11)12/h6H,3,13H2,1-2H3. The smallest absolute Gasteiger partial charge is 0.320 e. The molecule has 0 radical (unpaired) electrons. The van der Waals surface area contributed by atoms with Crippen LogP contribution >= 0.6 is 15.9 Å². The summed E-state index contributed by atoms with van der Waals surface area (Å²) >= 11 is 3.19. The van der Waals surface area contributed by atoms with E-state index in [0.29, 0.717) is 15.9 Å². The number of alkyl halides is 3. The van der Waals surface area contributed by atoms with Gasteiger partial charge >= 0.3 is 6.18 Å². The minimum Gasteiger partial charge on any atom is -0.320 e. The molecule has 0 amide bonds. The van der Waals surface area contributed by atoms with Crippen molar-refractivity contribution in [1.82, 2.24) is 9.78 Å². The Morgan fingerprint density at radius 1 is 1.53 bits per heavy atom. The molecule has 0 bridgehead atoms. The zero-order valence-electron chi connectivity index (χ0n) is 8.27. The first-order valence-corrected chi connectivity index (χ1v) is 5.03. The number of aryl methyl sites for hydroxylation is 2. The number of nitrogens with two attached hydrogens (primary N) is 1. The van der Waals surface area contributed by atoms with Crippen LogP contribution < -0.4 is 5.73 Å². The fraction of sp³-hybridized carbons (Fsp3) is 0.625. The monoisotopic (exact) mass is 285 g/mol. The summed E-state index contributed by atoms with van der Waals surface area (Å²) in [5, 5.41) is 3.99. The Morgan fingerprint density at radius 2 is 2.07 bits per heavy atom. The van der Waals surface area contributed by atoms with Crippen LogP contribution in [0.15, 0.2) is 4.47 Å². The molecule has 1 rings (SSSR count). The molecular formula is C8H11BrF3N3. The molecule has 0 saturated heterocycles. The molecule has 86 valence electrons. The first-order chi connectivity index (χ1) is 6.73. The summed E-state index contributed by atoms with van der Waals surface area (Å²) in [6, 6.07) is -1.86. The maximum Gasteiger partial charge on any atom is 0.404 e. The van der Waals surface area contributed by atoms with E-state index in [2.05, 4.69) is 21.0 Å². The lowest BCUT2D eigenvalue weighted by Crippen LogP contribution is -2.39. The SMILES string of the molecule is Cc1nn(C)c(CC(N)C(F)(F)F)c1Br. The summed E-state index contributed by atoms with van der Waals surface area (Å²) < 4.78 is 38.7. The van der Waals surface area contributed by atoms with Crippen LogP contribution in [0.1, 0.15) is 11.4 Å². The highest BCUT2D eigenvalue weighted by Gasteiger charge is 2.37. The van der Waals surface area contributed by atoms with Gasteiger partial charge in [0.15, 0.2) is 0 Å². The van der Waals surface area contributed by atoms with Gasteiger partial charge in [0.05, 0.1) is 15.9 Å². The van der Waals surface area contributed by atoms with E-state index < -0.39 is 12.2 Å². The van der Waals surface area contributed by atoms with Crippen molar-refractivity contribution in [2.45, 2.75) is 25.6 Å². The topological polar surface area (TPSA) is 43.8 Å². The van der Waals surface area contributed by atoms with Gasteiger partial charge < -0.3 is 5.73 Å². The van der Waals surface area contributed by atoms with Gasteiger partial charge in [-0.25, -0.2) is 0 Å². The van der Waals surface area contributed by atoms with Gasteiger partial charge in [-0.05, 0) is 22.9 Å². The second-order valence-electron chi connectivity index (χ2n) is 3.32. The van der Waals surface area contributed by atoms with Crippen LogP contribution in [0.4, 0.5) is 13.2 Å². The average Bonchev–Trinajstić information content (AvgIpc) is 2.30. The number of hydrogen-bond acceptors (Lipinski definition) is 2. The van der Waals surface area contributed by atoms with Gasteiger partial charge in [0.2, 0.25) is 0 Å². The Labute approximate surface area is 93.6 Å². The predicted octanol–water partition coefficient (Wildman–Crippen LogP) is 1.92. The van der Waals surface area contributed by atoms with Gasteiger partial charge in [0.25, 0.3) is 0 Å². The van der Waals surface area contributed by atoms with Crippen LogP contribution in [-0.4, -0.2) is 22.0 Å². The largest absolute Gasteiger partial charge is 0.404 e. The molecule has 1 atom stereocenters. The highest BCUT2D eigenvalue weighted by atomic mass is 79.9. The lowest BCUT2D eigenvalue weighted by atomic mass is 10.1. The number of nitrogens with zero attached hydrogens (tertiary/aromatic N) is 2. The van der Waals surface area contributed by atoms with Crippen LogP contribution in [0.5, 0.6) is 0 Å². The Kier molecular flexibility index (Phi) is 3.44. The summed E-state index contributed by atoms with van der Waals surface area (Å²) in [4.78, 5) is 0. The zero-order valence-corrected chi connectivity index (χ0v) is 9.85. The van der Waals surface area contributed by atoms with Crippen molar-refractivity contribution in [2.24, 2.45) is 12.8 Å². The highest BCUT2D eigenvalue weighted by molar-refractivity contribution is 9.10. The molecule has 7 heteroatoms. The van der Waals surface area contributed by atoms with Crippen molar-refractivity contribution >= 4 is 15.9 Å². The molecule has 1 aromatic heterocycles. The molecular weight excluding hydrogens is 275 g/mol. The van der Waals surface area contributed by atoms with Crippen LogP contribution in [0, 0.1) is 6.92 Å². The van der Waals surface area contributed by atoms with Crippen molar-refractivity contribution in [1.29, 1.82) is 0 Å². The van der Waals surface area contributed by atoms with E-state index in [1.54, 1.807) is 14.0 Å². The van der Waals surface area contributed by atoms with E-state index >= 15 is 0 Å². The molecule has 0 saturated carbocycles. The fourth-order valence-electron chi connectivity index (χ4n) is 1.23. The second kappa shape index (κ2) is 4.13. The minimum absolute atomic E-state index is 0.276. The number of aromatic nitrogens is 2. The third kappa shape index (κ3) is 2.72. The van der Waals surface area contributed by atoms with E-state index in [1.807, 2.05) is 0 Å². The Balaban J connectivity index is 2.90. The van der Waals surface area contributed by atoms with Crippen molar-refractivity contribution < 1.29 is 13.2 Å². The third-order valence-electron chi connectivity index (χ3n) is 2.10. The van der Waals surface area contributed by atoms with Gasteiger partial charge in [-0.3, -0.25) is 4.68 Å². The molecule has 0 spiro atoms. The summed E-state index contributed by atoms with van der Waals surface area (Å²) in [6.07, 6.45) is -4.65. The quantitative estimate of drug-likeness (QED) is 0.902. The van der Waals surface area contributed by atoms with Crippen molar-refractivity contribution in [3.63, 3.8) is 0 Å². The third-order valence-corrected chi connectivity index (χ3v) is 3.13. The lowest BCUT2D eigenvalue weighted by Gasteiger charge is -2.15. The van der Waals surface area contributed by atoms with E-state index in [9.17, 15) is 13.2 Å². The maximum atomic E-state index is 12.2. The average molecular weight is 286 g/mol. The predicted molar refractivity (Wildman–Crippen MR) is 53.4 cm³/mol. The Hall–Kier alpha value is -0.560. The first-order valence-electron chi connectivity index (χ1n) is 4.23. The van der Waals surface area contributed by atoms with E-state index in [4.69, 9.17) is 5.73 Å². The number of rotatable bonds is 2.